The van der Waals surface area contributed by atoms with E-state index < -0.39 is 6.04 Å². The minimum atomic E-state index is -0.484. The van der Waals surface area contributed by atoms with E-state index in [2.05, 4.69) is 52.8 Å². The molecule has 0 spiro atoms. The third-order valence-corrected chi connectivity index (χ3v) is 6.50. The lowest BCUT2D eigenvalue weighted by atomic mass is 9.94. The Morgan fingerprint density at radius 1 is 0.971 bits per heavy atom. The average Bonchev–Trinajstić information content (AvgIpc) is 3.17. The van der Waals surface area contributed by atoms with E-state index in [1.54, 1.807) is 0 Å². The molecule has 1 atom stereocenters. The number of rotatable bonds is 5. The molecule has 5 rings (SSSR count). The van der Waals surface area contributed by atoms with Gasteiger partial charge in [0.1, 0.15) is 11.9 Å². The third-order valence-electron chi connectivity index (χ3n) is 6.25. The van der Waals surface area contributed by atoms with Crippen LogP contribution in [0.15, 0.2) is 71.7 Å². The van der Waals surface area contributed by atoms with Gasteiger partial charge in [0, 0.05) is 22.7 Å². The second kappa shape index (κ2) is 9.47. The summed E-state index contributed by atoms with van der Waals surface area (Å²) in [6.45, 7) is 6.50. The fourth-order valence-electron chi connectivity index (χ4n) is 4.58. The third kappa shape index (κ3) is 4.37. The number of aromatic nitrogens is 3. The lowest BCUT2D eigenvalue weighted by Crippen LogP contribution is -2.25. The average molecular weight is 484 g/mol. The predicted molar refractivity (Wildman–Crippen MR) is 139 cm³/mol. The number of benzene rings is 3. The molecule has 2 heterocycles. The largest absolute Gasteiger partial charge is 0.356 e. The molecule has 0 saturated carbocycles. The number of nitrogens with zero attached hydrogens (tertiary/aromatic N) is 4. The van der Waals surface area contributed by atoms with E-state index in [1.807, 2.05) is 54.8 Å². The van der Waals surface area contributed by atoms with Gasteiger partial charge in [0.15, 0.2) is 5.82 Å². The summed E-state index contributed by atoms with van der Waals surface area (Å²) in [5.41, 5.74) is 7.07. The zero-order chi connectivity index (χ0) is 24.5. The smallest absolute Gasteiger partial charge is 0.222 e. The van der Waals surface area contributed by atoms with Crippen molar-refractivity contribution >= 4 is 23.2 Å². The SMILES string of the molecule is CCNC(=O)C[C@@H]1N=C(c2ccc(Cl)cc2)c2cc(-c3ccccc3C)ccc2-n2c(C)nnc21. The first-order valence-electron chi connectivity index (χ1n) is 11.7. The van der Waals surface area contributed by atoms with Crippen molar-refractivity contribution in [2.24, 2.45) is 4.99 Å². The second-order valence-electron chi connectivity index (χ2n) is 8.65. The number of aliphatic imine (C=N–C) groups is 1. The van der Waals surface area contributed by atoms with Gasteiger partial charge < -0.3 is 5.32 Å². The molecule has 0 radical (unpaired) electrons. The summed E-state index contributed by atoms with van der Waals surface area (Å²) in [6.07, 6.45) is 0.182. The van der Waals surface area contributed by atoms with Crippen LogP contribution in [0, 0.1) is 13.8 Å². The van der Waals surface area contributed by atoms with Crippen molar-refractivity contribution in [3.63, 3.8) is 0 Å². The summed E-state index contributed by atoms with van der Waals surface area (Å²) in [6, 6.07) is 21.9. The molecule has 1 aliphatic heterocycles. The summed E-state index contributed by atoms with van der Waals surface area (Å²) >= 11 is 6.20. The highest BCUT2D eigenvalue weighted by molar-refractivity contribution is 6.30. The van der Waals surface area contributed by atoms with E-state index in [1.165, 1.54) is 5.56 Å². The minimum absolute atomic E-state index is 0.0736. The van der Waals surface area contributed by atoms with Gasteiger partial charge in [-0.05, 0) is 61.7 Å². The van der Waals surface area contributed by atoms with Crippen molar-refractivity contribution in [3.8, 4) is 16.8 Å². The molecule has 1 aromatic heterocycles. The molecular formula is C28H26ClN5O. The molecular weight excluding hydrogens is 458 g/mol. The van der Waals surface area contributed by atoms with Gasteiger partial charge in [-0.3, -0.25) is 14.4 Å². The van der Waals surface area contributed by atoms with Gasteiger partial charge in [-0.2, -0.15) is 0 Å². The van der Waals surface area contributed by atoms with Crippen molar-refractivity contribution in [2.45, 2.75) is 33.2 Å². The number of carbonyl (C=O) groups excluding carboxylic acids is 1. The van der Waals surface area contributed by atoms with Gasteiger partial charge >= 0.3 is 0 Å². The lowest BCUT2D eigenvalue weighted by molar-refractivity contribution is -0.121. The first-order chi connectivity index (χ1) is 17.0. The van der Waals surface area contributed by atoms with E-state index in [4.69, 9.17) is 16.6 Å². The van der Waals surface area contributed by atoms with Crippen LogP contribution in [0.5, 0.6) is 0 Å². The lowest BCUT2D eigenvalue weighted by Gasteiger charge is -2.15. The Balaban J connectivity index is 1.76. The van der Waals surface area contributed by atoms with Gasteiger partial charge in [0.2, 0.25) is 5.91 Å². The number of hydrogen-bond acceptors (Lipinski definition) is 4. The van der Waals surface area contributed by atoms with E-state index in [0.717, 1.165) is 39.5 Å². The number of halogens is 1. The van der Waals surface area contributed by atoms with E-state index >= 15 is 0 Å². The molecule has 1 amide bonds. The van der Waals surface area contributed by atoms with Gasteiger partial charge in [0.05, 0.1) is 17.8 Å². The first-order valence-corrected chi connectivity index (χ1v) is 12.1. The topological polar surface area (TPSA) is 72.2 Å². The molecule has 6 nitrogen and oxygen atoms in total. The molecule has 4 aromatic rings. The number of aryl methyl sites for hydroxylation is 2. The Morgan fingerprint density at radius 3 is 2.46 bits per heavy atom. The summed E-state index contributed by atoms with van der Waals surface area (Å²) in [4.78, 5) is 17.8. The molecule has 7 heteroatoms. The molecule has 176 valence electrons. The molecule has 0 fully saturated rings. The van der Waals surface area contributed by atoms with Crippen LogP contribution >= 0.6 is 11.6 Å². The van der Waals surface area contributed by atoms with Crippen molar-refractivity contribution in [3.05, 3.63) is 100 Å². The number of fused-ring (bicyclic) bond motifs is 3. The number of nitrogens with one attached hydrogen (secondary N) is 1. The minimum Gasteiger partial charge on any atom is -0.356 e. The Labute approximate surface area is 209 Å². The highest BCUT2D eigenvalue weighted by atomic mass is 35.5. The van der Waals surface area contributed by atoms with Gasteiger partial charge in [-0.15, -0.1) is 10.2 Å². The second-order valence-corrected chi connectivity index (χ2v) is 9.08. The van der Waals surface area contributed by atoms with E-state index in [-0.39, 0.29) is 12.3 Å². The number of hydrogen-bond donors (Lipinski definition) is 1. The van der Waals surface area contributed by atoms with Crippen LogP contribution in [0.4, 0.5) is 0 Å². The quantitative estimate of drug-likeness (QED) is 0.400. The van der Waals surface area contributed by atoms with E-state index in [9.17, 15) is 4.79 Å². The Kier molecular flexibility index (Phi) is 6.22. The van der Waals surface area contributed by atoms with Crippen molar-refractivity contribution < 1.29 is 4.79 Å². The highest BCUT2D eigenvalue weighted by Crippen LogP contribution is 2.35. The molecule has 1 aliphatic rings. The maximum Gasteiger partial charge on any atom is 0.222 e. The molecule has 35 heavy (non-hydrogen) atoms. The van der Waals surface area contributed by atoms with Crippen LogP contribution in [0.1, 0.15) is 47.7 Å². The molecule has 3 aromatic carbocycles. The van der Waals surface area contributed by atoms with Gasteiger partial charge in [-0.25, -0.2) is 0 Å². The van der Waals surface area contributed by atoms with Crippen LogP contribution in [0.3, 0.4) is 0 Å². The Hall–Kier alpha value is -3.77. The normalized spacial score (nSPS) is 14.5. The summed E-state index contributed by atoms with van der Waals surface area (Å²) in [5, 5.41) is 12.3. The standard InChI is InChI=1S/C28H26ClN5O/c1-4-30-26(35)16-24-28-33-32-18(3)34(28)25-14-11-20(22-8-6-5-7-17(22)2)15-23(25)27(31-24)19-9-12-21(29)13-10-19/h5-15,24H,4,16H2,1-3H3,(H,30,35)/t24-/m0/s1. The summed E-state index contributed by atoms with van der Waals surface area (Å²) in [5.74, 6) is 1.33. The number of amides is 1. The van der Waals surface area contributed by atoms with Crippen LogP contribution < -0.4 is 5.32 Å². The van der Waals surface area contributed by atoms with Crippen LogP contribution in [-0.2, 0) is 4.79 Å². The fraction of sp³-hybridized carbons (Fsp3) is 0.214. The van der Waals surface area contributed by atoms with Gasteiger partial charge in [-0.1, -0.05) is 54.1 Å². The fourth-order valence-corrected chi connectivity index (χ4v) is 4.71. The van der Waals surface area contributed by atoms with E-state index in [0.29, 0.717) is 17.4 Å². The Bertz CT molecular complexity index is 1440. The zero-order valence-electron chi connectivity index (χ0n) is 19.9. The molecule has 0 saturated heterocycles. The highest BCUT2D eigenvalue weighted by Gasteiger charge is 2.30. The van der Waals surface area contributed by atoms with Crippen molar-refractivity contribution in [1.82, 2.24) is 20.1 Å². The maximum atomic E-state index is 12.6. The first kappa shape index (κ1) is 23.0. The van der Waals surface area contributed by atoms with Crippen molar-refractivity contribution in [1.29, 1.82) is 0 Å². The zero-order valence-corrected chi connectivity index (χ0v) is 20.7. The molecule has 1 N–H and O–H groups in total. The van der Waals surface area contributed by atoms with Crippen molar-refractivity contribution in [2.75, 3.05) is 6.54 Å². The monoisotopic (exact) mass is 483 g/mol. The van der Waals surface area contributed by atoms with Crippen LogP contribution in [0.25, 0.3) is 16.8 Å². The number of carbonyl (C=O) groups is 1. The summed E-state index contributed by atoms with van der Waals surface area (Å²) in [7, 11) is 0. The van der Waals surface area contributed by atoms with Gasteiger partial charge in [0.25, 0.3) is 0 Å². The molecule has 0 bridgehead atoms. The predicted octanol–water partition coefficient (Wildman–Crippen LogP) is 5.62. The molecule has 0 unspecified atom stereocenters. The van der Waals surface area contributed by atoms with Crippen LogP contribution in [0.2, 0.25) is 5.02 Å². The molecule has 0 aliphatic carbocycles. The summed E-state index contributed by atoms with van der Waals surface area (Å²) < 4.78 is 2.02. The van der Waals surface area contributed by atoms with Crippen LogP contribution in [-0.4, -0.2) is 32.9 Å². The maximum absolute atomic E-state index is 12.6. The Morgan fingerprint density at radius 2 is 1.71 bits per heavy atom.